The molecule has 0 bridgehead atoms. The molecule has 0 fully saturated rings. The predicted octanol–water partition coefficient (Wildman–Crippen LogP) is 0.561. The highest BCUT2D eigenvalue weighted by atomic mass is 16.5. The number of carbonyl (C=O) groups excluding carboxylic acids is 2. The molecule has 2 N–H and O–H groups in total. The first kappa shape index (κ1) is 17.0. The van der Waals surface area contributed by atoms with Crippen LogP contribution >= 0.6 is 0 Å². The second kappa shape index (κ2) is 8.97. The van der Waals surface area contributed by atoms with Crippen molar-refractivity contribution in [3.05, 3.63) is 29.3 Å². The van der Waals surface area contributed by atoms with Crippen molar-refractivity contribution in [2.45, 2.75) is 13.8 Å². The van der Waals surface area contributed by atoms with Crippen LogP contribution in [0, 0.1) is 13.8 Å². The maximum atomic E-state index is 11.6. The first-order chi connectivity index (χ1) is 10.0. The Morgan fingerprint density at radius 3 is 2.62 bits per heavy atom. The minimum atomic E-state index is -0.335. The quantitative estimate of drug-likeness (QED) is 0.687. The Morgan fingerprint density at radius 2 is 1.90 bits per heavy atom. The van der Waals surface area contributed by atoms with Gasteiger partial charge in [0.2, 0.25) is 5.91 Å². The summed E-state index contributed by atoms with van der Waals surface area (Å²) in [5, 5.41) is 5.11. The van der Waals surface area contributed by atoms with Crippen LogP contribution in [0.1, 0.15) is 11.1 Å². The predicted molar refractivity (Wildman–Crippen MR) is 79.3 cm³/mol. The van der Waals surface area contributed by atoms with Gasteiger partial charge in [0, 0.05) is 13.7 Å². The van der Waals surface area contributed by atoms with E-state index < -0.39 is 0 Å². The first-order valence-corrected chi connectivity index (χ1v) is 6.75. The number of hydrogen-bond acceptors (Lipinski definition) is 4. The van der Waals surface area contributed by atoms with E-state index in [0.717, 1.165) is 11.1 Å². The summed E-state index contributed by atoms with van der Waals surface area (Å²) in [6.45, 7) is 4.54. The zero-order valence-corrected chi connectivity index (χ0v) is 12.7. The summed E-state index contributed by atoms with van der Waals surface area (Å²) in [6.07, 6.45) is 0. The van der Waals surface area contributed by atoms with E-state index >= 15 is 0 Å². The van der Waals surface area contributed by atoms with Gasteiger partial charge < -0.3 is 20.1 Å². The number of ether oxygens (including phenoxy) is 2. The van der Waals surface area contributed by atoms with E-state index in [2.05, 4.69) is 10.6 Å². The van der Waals surface area contributed by atoms with Crippen LogP contribution in [0.25, 0.3) is 0 Å². The standard InChI is InChI=1S/C15H22N2O4/c1-11-4-5-12(2)13(8-11)21-10-15(19)17-9-14(18)16-6-7-20-3/h4-5,8H,6-7,9-10H2,1-3H3,(H,16,18)(H,17,19). The lowest BCUT2D eigenvalue weighted by molar-refractivity contribution is -0.127. The van der Waals surface area contributed by atoms with Crippen molar-refractivity contribution in [2.24, 2.45) is 0 Å². The Kier molecular flexibility index (Phi) is 7.25. The maximum absolute atomic E-state index is 11.6. The molecule has 0 spiro atoms. The molecule has 0 saturated carbocycles. The highest BCUT2D eigenvalue weighted by Gasteiger charge is 2.07. The van der Waals surface area contributed by atoms with Gasteiger partial charge in [0.25, 0.3) is 5.91 Å². The second-order valence-corrected chi connectivity index (χ2v) is 4.68. The minimum Gasteiger partial charge on any atom is -0.483 e. The van der Waals surface area contributed by atoms with Crippen molar-refractivity contribution in [3.8, 4) is 5.75 Å². The van der Waals surface area contributed by atoms with Crippen molar-refractivity contribution < 1.29 is 19.1 Å². The van der Waals surface area contributed by atoms with Gasteiger partial charge in [-0.05, 0) is 31.0 Å². The van der Waals surface area contributed by atoms with Crippen LogP contribution in [0.4, 0.5) is 0 Å². The normalized spacial score (nSPS) is 10.0. The molecule has 0 atom stereocenters. The fourth-order valence-corrected chi connectivity index (χ4v) is 1.59. The van der Waals surface area contributed by atoms with Crippen molar-refractivity contribution in [1.29, 1.82) is 0 Å². The van der Waals surface area contributed by atoms with Crippen LogP contribution in [-0.4, -0.2) is 45.2 Å². The second-order valence-electron chi connectivity index (χ2n) is 4.68. The number of carbonyl (C=O) groups is 2. The van der Waals surface area contributed by atoms with Gasteiger partial charge in [-0.3, -0.25) is 9.59 Å². The molecule has 0 unspecified atom stereocenters. The van der Waals surface area contributed by atoms with E-state index in [1.807, 2.05) is 32.0 Å². The van der Waals surface area contributed by atoms with E-state index in [1.165, 1.54) is 0 Å². The number of benzene rings is 1. The lowest BCUT2D eigenvalue weighted by Gasteiger charge is -2.10. The van der Waals surface area contributed by atoms with Crippen LogP contribution in [0.15, 0.2) is 18.2 Å². The molecule has 21 heavy (non-hydrogen) atoms. The van der Waals surface area contributed by atoms with E-state index in [4.69, 9.17) is 9.47 Å². The molecule has 6 heteroatoms. The molecule has 0 aliphatic carbocycles. The Hall–Kier alpha value is -2.08. The Balaban J connectivity index is 2.28. The van der Waals surface area contributed by atoms with Gasteiger partial charge in [-0.2, -0.15) is 0 Å². The monoisotopic (exact) mass is 294 g/mol. The number of rotatable bonds is 8. The molecule has 1 aromatic rings. The third-order valence-electron chi connectivity index (χ3n) is 2.78. The van der Waals surface area contributed by atoms with Crippen molar-refractivity contribution in [2.75, 3.05) is 33.4 Å². The highest BCUT2D eigenvalue weighted by Crippen LogP contribution is 2.18. The van der Waals surface area contributed by atoms with Gasteiger partial charge >= 0.3 is 0 Å². The highest BCUT2D eigenvalue weighted by molar-refractivity contribution is 5.85. The largest absolute Gasteiger partial charge is 0.483 e. The third kappa shape index (κ3) is 6.76. The Labute approximate surface area is 124 Å². The van der Waals surface area contributed by atoms with Crippen LogP contribution in [0.2, 0.25) is 0 Å². The molecule has 0 radical (unpaired) electrons. The van der Waals surface area contributed by atoms with Crippen LogP contribution in [0.5, 0.6) is 5.75 Å². The number of amides is 2. The van der Waals surface area contributed by atoms with Crippen LogP contribution in [-0.2, 0) is 14.3 Å². The lowest BCUT2D eigenvalue weighted by Crippen LogP contribution is -2.39. The lowest BCUT2D eigenvalue weighted by atomic mass is 10.1. The molecule has 116 valence electrons. The van der Waals surface area contributed by atoms with E-state index in [1.54, 1.807) is 7.11 Å². The molecule has 2 amide bonds. The molecular weight excluding hydrogens is 272 g/mol. The molecule has 6 nitrogen and oxygen atoms in total. The summed E-state index contributed by atoms with van der Waals surface area (Å²) in [7, 11) is 1.55. The molecule has 1 rings (SSSR count). The maximum Gasteiger partial charge on any atom is 0.258 e. The van der Waals surface area contributed by atoms with Gasteiger partial charge in [0.1, 0.15) is 5.75 Å². The average molecular weight is 294 g/mol. The summed E-state index contributed by atoms with van der Waals surface area (Å²) in [4.78, 5) is 23.0. The minimum absolute atomic E-state index is 0.0707. The number of hydrogen-bond donors (Lipinski definition) is 2. The van der Waals surface area contributed by atoms with Crippen molar-refractivity contribution in [1.82, 2.24) is 10.6 Å². The zero-order valence-electron chi connectivity index (χ0n) is 12.7. The summed E-state index contributed by atoms with van der Waals surface area (Å²) >= 11 is 0. The average Bonchev–Trinajstić information content (AvgIpc) is 2.46. The molecule has 1 aromatic carbocycles. The van der Waals surface area contributed by atoms with E-state index in [0.29, 0.717) is 18.9 Å². The van der Waals surface area contributed by atoms with Crippen LogP contribution in [0.3, 0.4) is 0 Å². The molecule has 0 aromatic heterocycles. The number of aryl methyl sites for hydroxylation is 2. The van der Waals surface area contributed by atoms with Gasteiger partial charge in [-0.25, -0.2) is 0 Å². The van der Waals surface area contributed by atoms with Gasteiger partial charge in [0.05, 0.1) is 13.2 Å². The molecule has 0 aliphatic heterocycles. The summed E-state index contributed by atoms with van der Waals surface area (Å²) in [6, 6.07) is 5.79. The zero-order chi connectivity index (χ0) is 15.7. The van der Waals surface area contributed by atoms with Gasteiger partial charge in [-0.15, -0.1) is 0 Å². The van der Waals surface area contributed by atoms with Crippen molar-refractivity contribution in [3.63, 3.8) is 0 Å². The topological polar surface area (TPSA) is 76.7 Å². The van der Waals surface area contributed by atoms with E-state index in [9.17, 15) is 9.59 Å². The van der Waals surface area contributed by atoms with Crippen molar-refractivity contribution >= 4 is 11.8 Å². The first-order valence-electron chi connectivity index (χ1n) is 6.75. The smallest absolute Gasteiger partial charge is 0.258 e. The van der Waals surface area contributed by atoms with Crippen LogP contribution < -0.4 is 15.4 Å². The third-order valence-corrected chi connectivity index (χ3v) is 2.78. The van der Waals surface area contributed by atoms with Gasteiger partial charge in [-0.1, -0.05) is 12.1 Å². The number of methoxy groups -OCH3 is 1. The SMILES string of the molecule is COCCNC(=O)CNC(=O)COc1cc(C)ccc1C. The molecular formula is C15H22N2O4. The van der Waals surface area contributed by atoms with E-state index in [-0.39, 0.29) is 25.0 Å². The summed E-state index contributed by atoms with van der Waals surface area (Å²) in [5.41, 5.74) is 2.03. The fraction of sp³-hybridized carbons (Fsp3) is 0.467. The Morgan fingerprint density at radius 1 is 1.14 bits per heavy atom. The Bertz CT molecular complexity index is 489. The fourth-order valence-electron chi connectivity index (χ4n) is 1.59. The summed E-state index contributed by atoms with van der Waals surface area (Å²) < 4.78 is 10.3. The molecule has 0 aliphatic rings. The number of nitrogens with one attached hydrogen (secondary N) is 2. The summed E-state index contributed by atoms with van der Waals surface area (Å²) in [5.74, 6) is 0.0830. The molecule has 0 heterocycles. The van der Waals surface area contributed by atoms with Gasteiger partial charge in [0.15, 0.2) is 6.61 Å². The molecule has 0 saturated heterocycles.